The molecule has 1 saturated heterocycles. The van der Waals surface area contributed by atoms with Gasteiger partial charge in [-0.25, -0.2) is 0 Å². The highest BCUT2D eigenvalue weighted by molar-refractivity contribution is 6.28. The molecule has 1 aliphatic heterocycles. The highest BCUT2D eigenvalue weighted by atomic mass is 35.5. The second kappa shape index (κ2) is 5.31. The second-order valence-electron chi connectivity index (χ2n) is 2.95. The number of allylic oxidation sites excluding steroid dienone is 1. The van der Waals surface area contributed by atoms with Crippen LogP contribution in [-0.2, 0) is 0 Å². The Morgan fingerprint density at radius 3 is 2.25 bits per heavy atom. The maximum Gasteiger partial charge on any atom is 0.344 e. The van der Waals surface area contributed by atoms with Gasteiger partial charge in [-0.2, -0.15) is 0 Å². The molecule has 16 heavy (non-hydrogen) atoms. The summed E-state index contributed by atoms with van der Waals surface area (Å²) >= 11 is 5.24. The molecule has 0 radical (unpaired) electrons. The molecule has 1 aliphatic rings. The van der Waals surface area contributed by atoms with E-state index in [2.05, 4.69) is 10.6 Å². The van der Waals surface area contributed by atoms with E-state index in [0.717, 1.165) is 6.42 Å². The zero-order chi connectivity index (χ0) is 12.1. The Hall–Kier alpha value is -1.83. The Morgan fingerprint density at radius 1 is 1.25 bits per heavy atom. The molecule has 0 aromatic carbocycles. The van der Waals surface area contributed by atoms with Gasteiger partial charge in [-0.1, -0.05) is 0 Å². The average Bonchev–Trinajstić information content (AvgIpc) is 2.26. The van der Waals surface area contributed by atoms with E-state index in [0.29, 0.717) is 19.2 Å². The van der Waals surface area contributed by atoms with Crippen LogP contribution in [0.25, 0.3) is 0 Å². The number of nitro groups is 2. The van der Waals surface area contributed by atoms with E-state index in [1.807, 2.05) is 0 Å². The van der Waals surface area contributed by atoms with Crippen molar-refractivity contribution in [3.8, 4) is 0 Å². The van der Waals surface area contributed by atoms with Crippen LogP contribution >= 0.6 is 11.6 Å². The molecular weight excluding hydrogens is 240 g/mol. The van der Waals surface area contributed by atoms with Gasteiger partial charge in [0.1, 0.15) is 6.08 Å². The van der Waals surface area contributed by atoms with E-state index >= 15 is 0 Å². The Labute approximate surface area is 95.3 Å². The first-order chi connectivity index (χ1) is 7.52. The van der Waals surface area contributed by atoms with Crippen LogP contribution in [0.2, 0.25) is 0 Å². The number of nitrogens with one attached hydrogen (secondary N) is 2. The van der Waals surface area contributed by atoms with Crippen LogP contribution in [0.5, 0.6) is 0 Å². The SMILES string of the molecule is O=[N+]([O-])C(Cl)=CC(=C1NCCCN1)[N+](=O)[O-]. The lowest BCUT2D eigenvalue weighted by atomic mass is 10.3. The standard InChI is InChI=1S/C7H9ClN4O4/c8-6(12(15)16)4-5(11(13)14)7-9-2-1-3-10-7/h4,9-10H,1-3H2. The lowest BCUT2D eigenvalue weighted by Crippen LogP contribution is -2.37. The van der Waals surface area contributed by atoms with E-state index in [1.165, 1.54) is 0 Å². The predicted molar refractivity (Wildman–Crippen MR) is 55.6 cm³/mol. The van der Waals surface area contributed by atoms with Crippen LogP contribution < -0.4 is 10.6 Å². The van der Waals surface area contributed by atoms with Gasteiger partial charge in [0, 0.05) is 13.1 Å². The van der Waals surface area contributed by atoms with Gasteiger partial charge in [0.2, 0.25) is 0 Å². The molecule has 0 spiro atoms. The van der Waals surface area contributed by atoms with Crippen molar-refractivity contribution >= 4 is 11.6 Å². The van der Waals surface area contributed by atoms with Crippen LogP contribution in [0.4, 0.5) is 0 Å². The smallest absolute Gasteiger partial charge is 0.344 e. The highest BCUT2D eigenvalue weighted by Crippen LogP contribution is 2.11. The summed E-state index contributed by atoms with van der Waals surface area (Å²) in [6.45, 7) is 1.15. The van der Waals surface area contributed by atoms with Crippen LogP contribution in [0.1, 0.15) is 6.42 Å². The normalized spacial score (nSPS) is 16.1. The maximum atomic E-state index is 10.7. The van der Waals surface area contributed by atoms with Crippen molar-refractivity contribution in [3.63, 3.8) is 0 Å². The topological polar surface area (TPSA) is 110 Å². The van der Waals surface area contributed by atoms with Gasteiger partial charge >= 0.3 is 10.9 Å². The number of hydrogen-bond acceptors (Lipinski definition) is 6. The minimum absolute atomic E-state index is 0.149. The van der Waals surface area contributed by atoms with Gasteiger partial charge in [0.25, 0.3) is 0 Å². The predicted octanol–water partition coefficient (Wildman–Crippen LogP) is 0.372. The van der Waals surface area contributed by atoms with Gasteiger partial charge in [-0.05, 0) is 18.0 Å². The summed E-state index contributed by atoms with van der Waals surface area (Å²) in [6.07, 6.45) is 1.53. The Morgan fingerprint density at radius 2 is 1.81 bits per heavy atom. The summed E-state index contributed by atoms with van der Waals surface area (Å²) in [5.41, 5.74) is -0.443. The Kier molecular flexibility index (Phi) is 4.06. The third-order valence-corrected chi connectivity index (χ3v) is 2.09. The molecule has 1 heterocycles. The molecule has 88 valence electrons. The van der Waals surface area contributed by atoms with Crippen LogP contribution in [0.3, 0.4) is 0 Å². The summed E-state index contributed by atoms with van der Waals surface area (Å²) in [4.78, 5) is 19.3. The van der Waals surface area contributed by atoms with E-state index < -0.39 is 20.7 Å². The summed E-state index contributed by atoms with van der Waals surface area (Å²) in [7, 11) is 0. The second-order valence-corrected chi connectivity index (χ2v) is 3.34. The van der Waals surface area contributed by atoms with E-state index in [1.54, 1.807) is 0 Å². The van der Waals surface area contributed by atoms with Gasteiger partial charge < -0.3 is 10.6 Å². The first-order valence-corrected chi connectivity index (χ1v) is 4.78. The lowest BCUT2D eigenvalue weighted by molar-refractivity contribution is -0.428. The minimum atomic E-state index is -0.894. The lowest BCUT2D eigenvalue weighted by Gasteiger charge is -2.17. The molecular formula is C7H9ClN4O4. The zero-order valence-corrected chi connectivity index (χ0v) is 8.86. The first kappa shape index (κ1) is 12.2. The Balaban J connectivity index is 3.03. The van der Waals surface area contributed by atoms with Crippen molar-refractivity contribution in [2.24, 2.45) is 0 Å². The molecule has 0 atom stereocenters. The number of rotatable bonds is 3. The van der Waals surface area contributed by atoms with Gasteiger partial charge in [-0.3, -0.25) is 20.2 Å². The van der Waals surface area contributed by atoms with E-state index in [4.69, 9.17) is 11.6 Å². The van der Waals surface area contributed by atoms with E-state index in [-0.39, 0.29) is 5.82 Å². The Bertz CT molecular complexity index is 371. The summed E-state index contributed by atoms with van der Waals surface area (Å²) in [5.74, 6) is 0.149. The van der Waals surface area contributed by atoms with Gasteiger partial charge in [0.05, 0.1) is 9.85 Å². The molecule has 0 saturated carbocycles. The van der Waals surface area contributed by atoms with Crippen molar-refractivity contribution in [2.45, 2.75) is 6.42 Å². The molecule has 8 nitrogen and oxygen atoms in total. The number of nitrogens with zero attached hydrogens (tertiary/aromatic N) is 2. The van der Waals surface area contributed by atoms with Crippen molar-refractivity contribution in [1.29, 1.82) is 0 Å². The van der Waals surface area contributed by atoms with Crippen LogP contribution in [0.15, 0.2) is 22.8 Å². The monoisotopic (exact) mass is 248 g/mol. The van der Waals surface area contributed by atoms with Crippen LogP contribution in [-0.4, -0.2) is 22.9 Å². The molecule has 0 aromatic heterocycles. The quantitative estimate of drug-likeness (QED) is 0.424. The van der Waals surface area contributed by atoms with Gasteiger partial charge in [-0.15, -0.1) is 0 Å². The average molecular weight is 249 g/mol. The summed E-state index contributed by atoms with van der Waals surface area (Å²) in [6, 6.07) is 0. The van der Waals surface area contributed by atoms with Crippen LogP contribution in [0, 0.1) is 20.2 Å². The molecule has 1 fully saturated rings. The molecule has 9 heteroatoms. The van der Waals surface area contributed by atoms with Crippen molar-refractivity contribution in [1.82, 2.24) is 10.6 Å². The molecule has 0 bridgehead atoms. The third kappa shape index (κ3) is 3.09. The molecule has 0 aliphatic carbocycles. The first-order valence-electron chi connectivity index (χ1n) is 4.40. The fraction of sp³-hybridized carbons (Fsp3) is 0.429. The zero-order valence-electron chi connectivity index (χ0n) is 8.10. The largest absolute Gasteiger partial charge is 0.366 e. The molecule has 2 N–H and O–H groups in total. The number of hydrogen-bond donors (Lipinski definition) is 2. The highest BCUT2D eigenvalue weighted by Gasteiger charge is 2.22. The molecule has 1 rings (SSSR count). The van der Waals surface area contributed by atoms with Crippen molar-refractivity contribution < 1.29 is 9.85 Å². The molecule has 0 amide bonds. The summed E-state index contributed by atoms with van der Waals surface area (Å²) < 4.78 is 0. The third-order valence-electron chi connectivity index (χ3n) is 1.84. The minimum Gasteiger partial charge on any atom is -0.366 e. The van der Waals surface area contributed by atoms with E-state index in [9.17, 15) is 20.2 Å². The van der Waals surface area contributed by atoms with Crippen molar-refractivity contribution in [3.05, 3.63) is 43.0 Å². The fourth-order valence-electron chi connectivity index (χ4n) is 1.14. The number of halogens is 1. The van der Waals surface area contributed by atoms with Crippen molar-refractivity contribution in [2.75, 3.05) is 13.1 Å². The fourth-order valence-corrected chi connectivity index (χ4v) is 1.24. The molecule has 0 aromatic rings. The maximum absolute atomic E-state index is 10.7. The van der Waals surface area contributed by atoms with Gasteiger partial charge in [0.15, 0.2) is 5.82 Å². The summed E-state index contributed by atoms with van der Waals surface area (Å²) in [5, 5.41) is 25.7. The molecule has 0 unspecified atom stereocenters.